The molecule has 3 amide bonds. The Morgan fingerprint density at radius 1 is 0.971 bits per heavy atom. The van der Waals surface area contributed by atoms with Crippen molar-refractivity contribution in [2.45, 2.75) is 26.8 Å². The topological polar surface area (TPSA) is 111 Å². The van der Waals surface area contributed by atoms with Gasteiger partial charge in [0.05, 0.1) is 29.6 Å². The first-order valence-corrected chi connectivity index (χ1v) is 10.9. The Labute approximate surface area is 196 Å². The summed E-state index contributed by atoms with van der Waals surface area (Å²) >= 11 is 0. The average molecular weight is 460 g/mol. The molecule has 4 rings (SSSR count). The number of esters is 1. The summed E-state index contributed by atoms with van der Waals surface area (Å²) in [6.07, 6.45) is 1.31. The van der Waals surface area contributed by atoms with E-state index < -0.39 is 35.7 Å². The normalized spacial score (nSPS) is 13.7. The fraction of sp³-hybridized carbons (Fsp3) is 0.240. The van der Waals surface area contributed by atoms with Crippen molar-refractivity contribution in [1.82, 2.24) is 14.7 Å². The second-order valence-corrected chi connectivity index (χ2v) is 8.08. The summed E-state index contributed by atoms with van der Waals surface area (Å²) in [6, 6.07) is 14.3. The van der Waals surface area contributed by atoms with Crippen molar-refractivity contribution in [3.63, 3.8) is 0 Å². The largest absolute Gasteiger partial charge is 0.462 e. The van der Waals surface area contributed by atoms with Crippen molar-refractivity contribution >= 4 is 29.5 Å². The van der Waals surface area contributed by atoms with Crippen molar-refractivity contribution in [2.75, 3.05) is 11.9 Å². The van der Waals surface area contributed by atoms with E-state index in [0.717, 1.165) is 4.90 Å². The third kappa shape index (κ3) is 3.96. The van der Waals surface area contributed by atoms with E-state index in [0.29, 0.717) is 5.69 Å². The van der Waals surface area contributed by atoms with Crippen LogP contribution in [-0.2, 0) is 9.53 Å². The van der Waals surface area contributed by atoms with Gasteiger partial charge >= 0.3 is 5.97 Å². The fourth-order valence-corrected chi connectivity index (χ4v) is 3.96. The minimum atomic E-state index is -1.11. The lowest BCUT2D eigenvalue weighted by Crippen LogP contribution is -2.50. The Hall–Kier alpha value is -4.27. The number of para-hydroxylation sites is 1. The summed E-state index contributed by atoms with van der Waals surface area (Å²) in [5.74, 6) is -2.64. The van der Waals surface area contributed by atoms with E-state index in [4.69, 9.17) is 4.74 Å². The molecular weight excluding hydrogens is 436 g/mol. The molecule has 2 heterocycles. The number of nitrogens with zero attached hydrogens (tertiary/aromatic N) is 3. The van der Waals surface area contributed by atoms with Crippen LogP contribution in [0.1, 0.15) is 51.8 Å². The highest BCUT2D eigenvalue weighted by atomic mass is 16.5. The number of hydrogen-bond donors (Lipinski definition) is 1. The molecule has 2 aromatic carbocycles. The van der Waals surface area contributed by atoms with Gasteiger partial charge in [-0.15, -0.1) is 0 Å². The van der Waals surface area contributed by atoms with E-state index in [1.165, 1.54) is 10.9 Å². The number of benzene rings is 2. The third-order valence-electron chi connectivity index (χ3n) is 5.51. The number of imide groups is 1. The summed E-state index contributed by atoms with van der Waals surface area (Å²) in [6.45, 7) is 5.31. The maximum atomic E-state index is 13.5. The standard InChI is InChI=1S/C25H24N4O5/c1-4-34-25(33)19-14-26-29(16-10-6-5-7-11-16)21(19)27-22(30)20(15(2)3)28-23(31)17-12-8-9-13-18(17)24(28)32/h5-15,20H,4H2,1-3H3,(H,27,30). The van der Waals surface area contributed by atoms with Crippen LogP contribution in [0.25, 0.3) is 5.69 Å². The smallest absolute Gasteiger partial charge is 0.343 e. The number of rotatable bonds is 7. The van der Waals surface area contributed by atoms with Gasteiger partial charge in [0.25, 0.3) is 11.8 Å². The van der Waals surface area contributed by atoms with E-state index in [1.807, 2.05) is 6.07 Å². The molecule has 34 heavy (non-hydrogen) atoms. The summed E-state index contributed by atoms with van der Waals surface area (Å²) in [7, 11) is 0. The summed E-state index contributed by atoms with van der Waals surface area (Å²) in [5.41, 5.74) is 1.18. The fourth-order valence-electron chi connectivity index (χ4n) is 3.96. The molecule has 1 aliphatic rings. The first-order valence-electron chi connectivity index (χ1n) is 10.9. The molecule has 174 valence electrons. The predicted molar refractivity (Wildman–Crippen MR) is 124 cm³/mol. The molecule has 3 aromatic rings. The minimum absolute atomic E-state index is 0.0592. The number of hydrogen-bond acceptors (Lipinski definition) is 6. The molecule has 1 unspecified atom stereocenters. The van der Waals surface area contributed by atoms with Crippen LogP contribution in [0.15, 0.2) is 60.8 Å². The zero-order valence-corrected chi connectivity index (χ0v) is 19.0. The highest BCUT2D eigenvalue weighted by Gasteiger charge is 2.44. The van der Waals surface area contributed by atoms with Crippen LogP contribution in [0.2, 0.25) is 0 Å². The van der Waals surface area contributed by atoms with Crippen LogP contribution in [0, 0.1) is 5.92 Å². The van der Waals surface area contributed by atoms with E-state index >= 15 is 0 Å². The highest BCUT2D eigenvalue weighted by Crippen LogP contribution is 2.29. The number of amides is 3. The number of aromatic nitrogens is 2. The van der Waals surface area contributed by atoms with Gasteiger partial charge in [-0.25, -0.2) is 9.48 Å². The lowest BCUT2D eigenvalue weighted by Gasteiger charge is -2.28. The summed E-state index contributed by atoms with van der Waals surface area (Å²) in [5, 5.41) is 7.00. The Balaban J connectivity index is 1.72. The molecule has 0 bridgehead atoms. The van der Waals surface area contributed by atoms with Crippen molar-refractivity contribution in [3.8, 4) is 5.69 Å². The van der Waals surface area contributed by atoms with Crippen LogP contribution in [0.4, 0.5) is 5.82 Å². The lowest BCUT2D eigenvalue weighted by atomic mass is 10.0. The van der Waals surface area contributed by atoms with Crippen LogP contribution in [0.3, 0.4) is 0 Å². The first kappa shape index (κ1) is 22.9. The predicted octanol–water partition coefficient (Wildman–Crippen LogP) is 3.31. The monoisotopic (exact) mass is 460 g/mol. The molecule has 0 aliphatic carbocycles. The molecule has 1 N–H and O–H groups in total. The van der Waals surface area contributed by atoms with Gasteiger partial charge in [0, 0.05) is 0 Å². The van der Waals surface area contributed by atoms with E-state index in [9.17, 15) is 19.2 Å². The Kier molecular flexibility index (Phi) is 6.27. The van der Waals surface area contributed by atoms with Gasteiger partial charge in [-0.1, -0.05) is 44.2 Å². The molecule has 9 heteroatoms. The van der Waals surface area contributed by atoms with Crippen LogP contribution in [-0.4, -0.2) is 51.0 Å². The highest BCUT2D eigenvalue weighted by molar-refractivity contribution is 6.23. The quantitative estimate of drug-likeness (QED) is 0.428. The van der Waals surface area contributed by atoms with Gasteiger partial charge in [0.15, 0.2) is 5.82 Å². The van der Waals surface area contributed by atoms with Crippen molar-refractivity contribution in [1.29, 1.82) is 0 Å². The van der Waals surface area contributed by atoms with Crippen LogP contribution < -0.4 is 5.32 Å². The van der Waals surface area contributed by atoms with E-state index in [2.05, 4.69) is 10.4 Å². The number of anilines is 1. The third-order valence-corrected chi connectivity index (χ3v) is 5.51. The summed E-state index contributed by atoms with van der Waals surface area (Å²) < 4.78 is 6.53. The maximum Gasteiger partial charge on any atom is 0.343 e. The van der Waals surface area contributed by atoms with Crippen molar-refractivity contribution < 1.29 is 23.9 Å². The van der Waals surface area contributed by atoms with Gasteiger partial charge in [-0.3, -0.25) is 19.3 Å². The molecule has 0 radical (unpaired) electrons. The Morgan fingerprint density at radius 3 is 2.12 bits per heavy atom. The zero-order chi connectivity index (χ0) is 24.4. The molecule has 9 nitrogen and oxygen atoms in total. The SMILES string of the molecule is CCOC(=O)c1cnn(-c2ccccc2)c1NC(=O)C(C(C)C)N1C(=O)c2ccccc2C1=O. The van der Waals surface area contributed by atoms with Crippen molar-refractivity contribution in [3.05, 3.63) is 77.5 Å². The molecule has 1 aromatic heterocycles. The Bertz CT molecular complexity index is 1230. The van der Waals surface area contributed by atoms with E-state index in [-0.39, 0.29) is 29.1 Å². The zero-order valence-electron chi connectivity index (χ0n) is 19.0. The number of carbonyl (C=O) groups is 4. The Morgan fingerprint density at radius 2 is 1.56 bits per heavy atom. The molecule has 1 atom stereocenters. The van der Waals surface area contributed by atoms with Gasteiger partial charge in [-0.2, -0.15) is 5.10 Å². The number of ether oxygens (including phenoxy) is 1. The molecule has 0 spiro atoms. The lowest BCUT2D eigenvalue weighted by molar-refractivity contribution is -0.121. The minimum Gasteiger partial charge on any atom is -0.462 e. The maximum absolute atomic E-state index is 13.5. The van der Waals surface area contributed by atoms with Gasteiger partial charge < -0.3 is 10.1 Å². The average Bonchev–Trinajstić information content (AvgIpc) is 3.35. The van der Waals surface area contributed by atoms with Crippen LogP contribution >= 0.6 is 0 Å². The number of fused-ring (bicyclic) bond motifs is 1. The first-order chi connectivity index (χ1) is 16.3. The molecule has 0 saturated heterocycles. The number of nitrogens with one attached hydrogen (secondary N) is 1. The van der Waals surface area contributed by atoms with Gasteiger partial charge in [0.2, 0.25) is 5.91 Å². The van der Waals surface area contributed by atoms with Crippen molar-refractivity contribution in [2.24, 2.45) is 5.92 Å². The molecule has 0 fully saturated rings. The van der Waals surface area contributed by atoms with Gasteiger partial charge in [0.1, 0.15) is 11.6 Å². The van der Waals surface area contributed by atoms with E-state index in [1.54, 1.807) is 69.3 Å². The second kappa shape index (κ2) is 9.30. The second-order valence-electron chi connectivity index (χ2n) is 8.08. The van der Waals surface area contributed by atoms with Crippen LogP contribution in [0.5, 0.6) is 0 Å². The number of carbonyl (C=O) groups excluding carboxylic acids is 4. The van der Waals surface area contributed by atoms with Gasteiger partial charge in [-0.05, 0) is 37.1 Å². The molecule has 1 aliphatic heterocycles. The summed E-state index contributed by atoms with van der Waals surface area (Å²) in [4.78, 5) is 53.2. The molecular formula is C25H24N4O5. The molecule has 0 saturated carbocycles.